The number of fused-ring (bicyclic) bond motifs is 14. The van der Waals surface area contributed by atoms with Crippen LogP contribution in [0.1, 0.15) is 11.1 Å². The molecule has 0 radical (unpaired) electrons. The van der Waals surface area contributed by atoms with Gasteiger partial charge in [0.1, 0.15) is 0 Å². The van der Waals surface area contributed by atoms with Crippen LogP contribution in [0.2, 0.25) is 0 Å². The molecule has 0 N–H and O–H groups in total. The second kappa shape index (κ2) is 13.7. The number of hydrogen-bond acceptors (Lipinski definition) is 5. The van der Waals surface area contributed by atoms with Crippen LogP contribution in [-0.2, 0) is 6.42 Å². The first-order valence-corrected chi connectivity index (χ1v) is 24.0. The minimum absolute atomic E-state index is 0.671. The van der Waals surface area contributed by atoms with Crippen molar-refractivity contribution in [2.75, 3.05) is 0 Å². The maximum atomic E-state index is 5.63. The smallest absolute Gasteiger partial charge is 0.164 e. The molecule has 0 bridgehead atoms. The fraction of sp³-hybridized carbons (Fsp3) is 0.0167. The third-order valence-electron chi connectivity index (χ3n) is 13.8. The highest BCUT2D eigenvalue weighted by molar-refractivity contribution is 7.26. The zero-order chi connectivity index (χ0) is 43.0. The molecule has 0 atom stereocenters. The SMILES string of the molecule is c1ccc2cc3c(cc2c1)Cc1c(-c2nc(-c4cccc5sc6ccccc6c45)nc(-c4cccc5sc6ccccc6c45)n2)cc(-n2c4ccccc4c4cc5ccccc5cc42)cc1-3. The molecule has 4 heterocycles. The summed E-state index contributed by atoms with van der Waals surface area (Å²) in [6.07, 6.45) is 0.773. The minimum atomic E-state index is 0.671. The Morgan fingerprint density at radius 3 is 1.50 bits per heavy atom. The average Bonchev–Trinajstić information content (AvgIpc) is 4.13. The van der Waals surface area contributed by atoms with Crippen molar-refractivity contribution in [3.05, 3.63) is 205 Å². The summed E-state index contributed by atoms with van der Waals surface area (Å²) in [6, 6.07) is 71.0. The maximum absolute atomic E-state index is 5.63. The van der Waals surface area contributed by atoms with Gasteiger partial charge < -0.3 is 4.57 Å². The van der Waals surface area contributed by atoms with Crippen molar-refractivity contribution in [2.45, 2.75) is 6.42 Å². The number of hydrogen-bond donors (Lipinski definition) is 0. The lowest BCUT2D eigenvalue weighted by atomic mass is 9.98. The van der Waals surface area contributed by atoms with Gasteiger partial charge in [-0.1, -0.05) is 133 Å². The van der Waals surface area contributed by atoms with Crippen molar-refractivity contribution in [3.8, 4) is 51.0 Å². The molecule has 6 heteroatoms. The summed E-state index contributed by atoms with van der Waals surface area (Å²) >= 11 is 3.63. The molecule has 0 saturated carbocycles. The van der Waals surface area contributed by atoms with E-state index in [1.165, 1.54) is 100 Å². The van der Waals surface area contributed by atoms with E-state index in [4.69, 9.17) is 15.0 Å². The normalized spacial score (nSPS) is 12.5. The summed E-state index contributed by atoms with van der Waals surface area (Å²) in [5, 5.41) is 12.2. The molecular weight excluding hydrogens is 841 g/mol. The van der Waals surface area contributed by atoms with Gasteiger partial charge in [-0.3, -0.25) is 0 Å². The third kappa shape index (κ3) is 5.28. The number of rotatable bonds is 4. The lowest BCUT2D eigenvalue weighted by Crippen LogP contribution is -2.04. The molecule has 0 aliphatic heterocycles. The fourth-order valence-electron chi connectivity index (χ4n) is 10.9. The van der Waals surface area contributed by atoms with Crippen LogP contribution in [0.5, 0.6) is 0 Å². The van der Waals surface area contributed by atoms with Gasteiger partial charge in [-0.05, 0) is 111 Å². The lowest BCUT2D eigenvalue weighted by molar-refractivity contribution is 1.07. The molecule has 4 aromatic heterocycles. The van der Waals surface area contributed by atoms with Gasteiger partial charge in [0.25, 0.3) is 0 Å². The molecule has 4 nitrogen and oxygen atoms in total. The van der Waals surface area contributed by atoms with Crippen molar-refractivity contribution in [1.82, 2.24) is 19.5 Å². The fourth-order valence-corrected chi connectivity index (χ4v) is 13.1. The summed E-state index contributed by atoms with van der Waals surface area (Å²) in [4.78, 5) is 16.8. The van der Waals surface area contributed by atoms with Crippen molar-refractivity contribution < 1.29 is 0 Å². The van der Waals surface area contributed by atoms with E-state index < -0.39 is 0 Å². The van der Waals surface area contributed by atoms with Gasteiger partial charge >= 0.3 is 0 Å². The second-order valence-electron chi connectivity index (χ2n) is 17.5. The summed E-state index contributed by atoms with van der Waals surface area (Å²) in [6.45, 7) is 0. The zero-order valence-corrected chi connectivity index (χ0v) is 36.9. The van der Waals surface area contributed by atoms with Crippen molar-refractivity contribution in [1.29, 1.82) is 0 Å². The van der Waals surface area contributed by atoms with Crippen molar-refractivity contribution >= 4 is 106 Å². The topological polar surface area (TPSA) is 43.6 Å². The van der Waals surface area contributed by atoms with Crippen molar-refractivity contribution in [2.24, 2.45) is 0 Å². The third-order valence-corrected chi connectivity index (χ3v) is 16.1. The first kappa shape index (κ1) is 36.3. The molecule has 1 aliphatic carbocycles. The van der Waals surface area contributed by atoms with Gasteiger partial charge in [-0.15, -0.1) is 22.7 Å². The first-order valence-electron chi connectivity index (χ1n) is 22.4. The van der Waals surface area contributed by atoms with Gasteiger partial charge in [0.05, 0.1) is 11.0 Å². The van der Waals surface area contributed by atoms with Crippen LogP contribution in [0.4, 0.5) is 0 Å². The van der Waals surface area contributed by atoms with Crippen molar-refractivity contribution in [3.63, 3.8) is 0 Å². The van der Waals surface area contributed by atoms with Crippen LogP contribution in [0.15, 0.2) is 194 Å². The average molecular weight is 875 g/mol. The second-order valence-corrected chi connectivity index (χ2v) is 19.6. The Morgan fingerprint density at radius 1 is 0.348 bits per heavy atom. The van der Waals surface area contributed by atoms with E-state index in [0.717, 1.165) is 34.3 Å². The van der Waals surface area contributed by atoms with E-state index in [2.05, 4.69) is 199 Å². The van der Waals surface area contributed by atoms with Crippen LogP contribution in [0.3, 0.4) is 0 Å². The number of benzene rings is 10. The van der Waals surface area contributed by atoms with Gasteiger partial charge in [0.15, 0.2) is 17.5 Å². The highest BCUT2D eigenvalue weighted by Gasteiger charge is 2.28. The Morgan fingerprint density at radius 2 is 0.848 bits per heavy atom. The van der Waals surface area contributed by atoms with Crippen LogP contribution in [-0.4, -0.2) is 19.5 Å². The molecule has 0 fully saturated rings. The molecule has 0 spiro atoms. The highest BCUT2D eigenvalue weighted by Crippen LogP contribution is 2.47. The van der Waals surface area contributed by atoms with Gasteiger partial charge in [0, 0.05) is 73.5 Å². The van der Waals surface area contributed by atoms with E-state index in [9.17, 15) is 0 Å². The molecule has 0 saturated heterocycles. The van der Waals surface area contributed by atoms with Crippen LogP contribution in [0, 0.1) is 0 Å². The Balaban J connectivity index is 1.06. The maximum Gasteiger partial charge on any atom is 0.164 e. The summed E-state index contributed by atoms with van der Waals surface area (Å²) < 4.78 is 7.39. The molecule has 306 valence electrons. The molecule has 0 unspecified atom stereocenters. The minimum Gasteiger partial charge on any atom is -0.309 e. The number of para-hydroxylation sites is 1. The van der Waals surface area contributed by atoms with Crippen LogP contribution >= 0.6 is 22.7 Å². The van der Waals surface area contributed by atoms with E-state index >= 15 is 0 Å². The number of nitrogens with zero attached hydrogens (tertiary/aromatic N) is 4. The monoisotopic (exact) mass is 874 g/mol. The zero-order valence-electron chi connectivity index (χ0n) is 35.3. The lowest BCUT2D eigenvalue weighted by Gasteiger charge is -2.16. The Kier molecular flexibility index (Phi) is 7.56. The molecular formula is C60H34N4S2. The Bertz CT molecular complexity index is 4270. The van der Waals surface area contributed by atoms with Crippen LogP contribution < -0.4 is 0 Å². The molecule has 14 aromatic rings. The van der Waals surface area contributed by atoms with E-state index in [-0.39, 0.29) is 0 Å². The van der Waals surface area contributed by atoms with E-state index in [1.807, 2.05) is 22.7 Å². The molecule has 66 heavy (non-hydrogen) atoms. The van der Waals surface area contributed by atoms with Gasteiger partial charge in [-0.2, -0.15) is 0 Å². The Labute approximate surface area is 386 Å². The quantitative estimate of drug-likeness (QED) is 0.177. The largest absolute Gasteiger partial charge is 0.309 e. The number of aromatic nitrogens is 4. The highest BCUT2D eigenvalue weighted by atomic mass is 32.1. The van der Waals surface area contributed by atoms with Gasteiger partial charge in [0.2, 0.25) is 0 Å². The van der Waals surface area contributed by atoms with Gasteiger partial charge in [-0.25, -0.2) is 15.0 Å². The van der Waals surface area contributed by atoms with Crippen LogP contribution in [0.25, 0.3) is 135 Å². The molecule has 10 aromatic carbocycles. The summed E-state index contributed by atoms with van der Waals surface area (Å²) in [5.41, 5.74) is 11.5. The Hall–Kier alpha value is -8.03. The van der Waals surface area contributed by atoms with E-state index in [0.29, 0.717) is 17.5 Å². The predicted molar refractivity (Wildman–Crippen MR) is 280 cm³/mol. The summed E-state index contributed by atoms with van der Waals surface area (Å²) in [7, 11) is 0. The first-order chi connectivity index (χ1) is 32.7. The standard InChI is InChI=1S/C60H34N4S2/c1-2-14-35-28-45-38(27-34(35)13-1)30-46-47(45)32-39(64-50-22-8-5-17-40(50)48-29-36-15-3-4-16-37(36)31-51(48)64)33-49(46)60-62-58(43-20-11-25-54-56(43)41-18-6-9-23-52(41)65-54)61-59(63-60)44-21-12-26-55-57(44)42-19-7-10-24-53(42)66-55/h1-29,31-33H,30H2. The number of thiophene rings is 2. The molecule has 1 aliphatic rings. The molecule has 0 amide bonds. The molecule has 15 rings (SSSR count). The summed E-state index contributed by atoms with van der Waals surface area (Å²) in [5.74, 6) is 2.01. The predicted octanol–water partition coefficient (Wildman–Crippen LogP) is 16.6. The van der Waals surface area contributed by atoms with E-state index in [1.54, 1.807) is 0 Å².